The number of likely N-dealkylation sites (N-methyl/N-ethyl adjacent to an activating group) is 1. The molecule has 1 saturated carbocycles. The molecule has 1 aliphatic carbocycles. The molecular formula is C17H27N. The van der Waals surface area contributed by atoms with E-state index in [4.69, 9.17) is 0 Å². The summed E-state index contributed by atoms with van der Waals surface area (Å²) in [6, 6.07) is 9.97. The topological polar surface area (TPSA) is 12.0 Å². The zero-order chi connectivity index (χ0) is 12.8. The molecule has 0 saturated heterocycles. The van der Waals surface area contributed by atoms with Crippen LogP contribution in [0.4, 0.5) is 0 Å². The van der Waals surface area contributed by atoms with Gasteiger partial charge in [-0.1, -0.05) is 50.5 Å². The normalized spacial score (nSPS) is 18.8. The molecule has 18 heavy (non-hydrogen) atoms. The maximum absolute atomic E-state index is 3.47. The highest BCUT2D eigenvalue weighted by molar-refractivity contribution is 5.26. The van der Waals surface area contributed by atoms with Crippen LogP contribution in [0.1, 0.15) is 63.0 Å². The van der Waals surface area contributed by atoms with Crippen LogP contribution >= 0.6 is 0 Å². The molecule has 1 heteroatoms. The molecule has 1 fully saturated rings. The highest BCUT2D eigenvalue weighted by atomic mass is 14.9. The number of benzene rings is 1. The van der Waals surface area contributed by atoms with Crippen molar-refractivity contribution < 1.29 is 0 Å². The summed E-state index contributed by atoms with van der Waals surface area (Å²) in [6.45, 7) is 5.49. The zero-order valence-corrected chi connectivity index (χ0v) is 11.9. The van der Waals surface area contributed by atoms with E-state index in [1.807, 2.05) is 0 Å². The van der Waals surface area contributed by atoms with Crippen molar-refractivity contribution >= 4 is 0 Å². The third-order valence-electron chi connectivity index (χ3n) is 4.15. The molecule has 2 rings (SSSR count). The van der Waals surface area contributed by atoms with Crippen LogP contribution in [0.3, 0.4) is 0 Å². The second-order valence-corrected chi connectivity index (χ2v) is 5.74. The molecule has 0 radical (unpaired) electrons. The molecule has 1 N–H and O–H groups in total. The molecule has 0 heterocycles. The fraction of sp³-hybridized carbons (Fsp3) is 0.647. The summed E-state index contributed by atoms with van der Waals surface area (Å²) in [4.78, 5) is 0. The van der Waals surface area contributed by atoms with Crippen LogP contribution in [-0.2, 0) is 6.42 Å². The lowest BCUT2D eigenvalue weighted by Crippen LogP contribution is -2.27. The summed E-state index contributed by atoms with van der Waals surface area (Å²) in [6.07, 6.45) is 8.21. The molecule has 0 aromatic heterocycles. The summed E-state index contributed by atoms with van der Waals surface area (Å²) in [7, 11) is 0. The number of hydrogen-bond acceptors (Lipinski definition) is 1. The molecule has 100 valence electrons. The molecule has 0 aliphatic heterocycles. The highest BCUT2D eigenvalue weighted by Gasteiger charge is 2.15. The Morgan fingerprint density at radius 2 is 1.78 bits per heavy atom. The minimum atomic E-state index is 0.579. The van der Waals surface area contributed by atoms with E-state index >= 15 is 0 Å². The average molecular weight is 245 g/mol. The van der Waals surface area contributed by atoms with E-state index in [1.165, 1.54) is 37.7 Å². The first-order valence-electron chi connectivity index (χ1n) is 7.62. The van der Waals surface area contributed by atoms with Gasteiger partial charge in [-0.2, -0.15) is 0 Å². The van der Waals surface area contributed by atoms with Crippen LogP contribution in [0, 0.1) is 0 Å². The van der Waals surface area contributed by atoms with E-state index in [0.717, 1.165) is 18.9 Å². The van der Waals surface area contributed by atoms with E-state index in [0.29, 0.717) is 6.04 Å². The molecule has 1 aromatic rings. The van der Waals surface area contributed by atoms with E-state index < -0.39 is 0 Å². The molecule has 0 amide bonds. The summed E-state index contributed by atoms with van der Waals surface area (Å²) in [5.74, 6) is 0.832. The van der Waals surface area contributed by atoms with Gasteiger partial charge in [-0.05, 0) is 49.8 Å². The second kappa shape index (κ2) is 6.94. The van der Waals surface area contributed by atoms with Gasteiger partial charge in [0, 0.05) is 6.04 Å². The Bertz CT molecular complexity index is 335. The average Bonchev–Trinajstić information content (AvgIpc) is 2.41. The van der Waals surface area contributed by atoms with Crippen molar-refractivity contribution in [2.75, 3.05) is 6.54 Å². The van der Waals surface area contributed by atoms with Crippen molar-refractivity contribution in [2.24, 2.45) is 0 Å². The highest BCUT2D eigenvalue weighted by Crippen LogP contribution is 2.32. The molecule has 1 unspecified atom stereocenters. The largest absolute Gasteiger partial charge is 0.314 e. The van der Waals surface area contributed by atoms with Crippen molar-refractivity contribution in [3.8, 4) is 0 Å². The molecule has 1 aliphatic rings. The standard InChI is InChI=1S/C17H27N/c1-3-18-14(2)13-15-9-11-17(12-10-15)16-7-5-4-6-8-16/h9-12,14,16,18H,3-8,13H2,1-2H3. The predicted octanol–water partition coefficient (Wildman–Crippen LogP) is 4.27. The van der Waals surface area contributed by atoms with Gasteiger partial charge >= 0.3 is 0 Å². The Morgan fingerprint density at radius 3 is 2.39 bits per heavy atom. The van der Waals surface area contributed by atoms with Gasteiger partial charge in [0.15, 0.2) is 0 Å². The van der Waals surface area contributed by atoms with Gasteiger partial charge < -0.3 is 5.32 Å². The van der Waals surface area contributed by atoms with Gasteiger partial charge in [0.1, 0.15) is 0 Å². The first-order chi connectivity index (χ1) is 8.79. The Hall–Kier alpha value is -0.820. The maximum Gasteiger partial charge on any atom is 0.00790 e. The minimum Gasteiger partial charge on any atom is -0.314 e. The van der Waals surface area contributed by atoms with Crippen molar-refractivity contribution in [1.29, 1.82) is 0 Å². The van der Waals surface area contributed by atoms with Crippen LogP contribution < -0.4 is 5.32 Å². The van der Waals surface area contributed by atoms with E-state index in [1.54, 1.807) is 5.56 Å². The third-order valence-corrected chi connectivity index (χ3v) is 4.15. The maximum atomic E-state index is 3.47. The Balaban J connectivity index is 1.92. The predicted molar refractivity (Wildman–Crippen MR) is 79.1 cm³/mol. The molecular weight excluding hydrogens is 218 g/mol. The van der Waals surface area contributed by atoms with Crippen LogP contribution in [0.15, 0.2) is 24.3 Å². The summed E-state index contributed by atoms with van der Waals surface area (Å²) in [5, 5.41) is 3.47. The van der Waals surface area contributed by atoms with Gasteiger partial charge in [-0.3, -0.25) is 0 Å². The van der Waals surface area contributed by atoms with Crippen molar-refractivity contribution in [3.63, 3.8) is 0 Å². The smallest absolute Gasteiger partial charge is 0.00790 e. The lowest BCUT2D eigenvalue weighted by atomic mass is 9.84. The van der Waals surface area contributed by atoms with Crippen LogP contribution in [0.5, 0.6) is 0 Å². The van der Waals surface area contributed by atoms with Crippen LogP contribution in [-0.4, -0.2) is 12.6 Å². The fourth-order valence-electron chi connectivity index (χ4n) is 3.14. The van der Waals surface area contributed by atoms with Crippen molar-refractivity contribution in [2.45, 2.75) is 64.3 Å². The summed E-state index contributed by atoms with van der Waals surface area (Å²) < 4.78 is 0. The van der Waals surface area contributed by atoms with Gasteiger partial charge in [-0.15, -0.1) is 0 Å². The minimum absolute atomic E-state index is 0.579. The first-order valence-corrected chi connectivity index (χ1v) is 7.62. The monoisotopic (exact) mass is 245 g/mol. The number of rotatable bonds is 5. The Morgan fingerprint density at radius 1 is 1.11 bits per heavy atom. The number of nitrogens with one attached hydrogen (secondary N) is 1. The van der Waals surface area contributed by atoms with Crippen molar-refractivity contribution in [1.82, 2.24) is 5.32 Å². The second-order valence-electron chi connectivity index (χ2n) is 5.74. The molecule has 1 aromatic carbocycles. The van der Waals surface area contributed by atoms with E-state index in [2.05, 4.69) is 43.4 Å². The third kappa shape index (κ3) is 3.84. The Kier molecular flexibility index (Phi) is 5.25. The van der Waals surface area contributed by atoms with Crippen molar-refractivity contribution in [3.05, 3.63) is 35.4 Å². The number of hydrogen-bond donors (Lipinski definition) is 1. The summed E-state index contributed by atoms with van der Waals surface area (Å²) in [5.41, 5.74) is 3.03. The SMILES string of the molecule is CCNC(C)Cc1ccc(C2CCCCC2)cc1. The molecule has 0 spiro atoms. The lowest BCUT2D eigenvalue weighted by Gasteiger charge is -2.22. The fourth-order valence-corrected chi connectivity index (χ4v) is 3.14. The van der Waals surface area contributed by atoms with Crippen LogP contribution in [0.25, 0.3) is 0 Å². The molecule has 0 bridgehead atoms. The van der Waals surface area contributed by atoms with Gasteiger partial charge in [0.2, 0.25) is 0 Å². The van der Waals surface area contributed by atoms with Gasteiger partial charge in [-0.25, -0.2) is 0 Å². The quantitative estimate of drug-likeness (QED) is 0.816. The molecule has 1 atom stereocenters. The van der Waals surface area contributed by atoms with E-state index in [-0.39, 0.29) is 0 Å². The summed E-state index contributed by atoms with van der Waals surface area (Å²) >= 11 is 0. The zero-order valence-electron chi connectivity index (χ0n) is 11.9. The Labute approximate surface area is 112 Å². The van der Waals surface area contributed by atoms with Gasteiger partial charge in [0.05, 0.1) is 0 Å². The van der Waals surface area contributed by atoms with Crippen LogP contribution in [0.2, 0.25) is 0 Å². The lowest BCUT2D eigenvalue weighted by molar-refractivity contribution is 0.443. The van der Waals surface area contributed by atoms with E-state index in [9.17, 15) is 0 Å². The first kappa shape index (κ1) is 13.6. The van der Waals surface area contributed by atoms with Gasteiger partial charge in [0.25, 0.3) is 0 Å². The molecule has 1 nitrogen and oxygen atoms in total.